The fraction of sp³-hybridized carbons (Fsp3) is 0.364. The maximum absolute atomic E-state index is 13.6. The molecule has 30 heavy (non-hydrogen) atoms. The van der Waals surface area contributed by atoms with Crippen LogP contribution in [0.3, 0.4) is 0 Å². The summed E-state index contributed by atoms with van der Waals surface area (Å²) in [4.78, 5) is 19.1. The Balaban J connectivity index is 1.54. The number of hydrogen-bond donors (Lipinski definition) is 0. The minimum atomic E-state index is -0.263. The quantitative estimate of drug-likeness (QED) is 0.550. The van der Waals surface area contributed by atoms with Gasteiger partial charge in [0.2, 0.25) is 5.91 Å². The van der Waals surface area contributed by atoms with Crippen molar-refractivity contribution in [2.24, 2.45) is 0 Å². The van der Waals surface area contributed by atoms with E-state index < -0.39 is 0 Å². The van der Waals surface area contributed by atoms with Gasteiger partial charge in [0.1, 0.15) is 5.82 Å². The number of pyridine rings is 1. The number of fused-ring (bicyclic) bond motifs is 1. The molecule has 1 aliphatic rings. The van der Waals surface area contributed by atoms with Gasteiger partial charge in [-0.05, 0) is 62.1 Å². The average Bonchev–Trinajstić information content (AvgIpc) is 3.15. The average molecular weight is 426 g/mol. The summed E-state index contributed by atoms with van der Waals surface area (Å²) in [6.45, 7) is 4.89. The van der Waals surface area contributed by atoms with E-state index in [1.54, 1.807) is 23.4 Å². The first-order chi connectivity index (χ1) is 14.6. The predicted octanol–water partition coefficient (Wildman–Crippen LogP) is 4.35. The minimum Gasteiger partial charge on any atom is -0.309 e. The van der Waals surface area contributed by atoms with Crippen molar-refractivity contribution in [2.45, 2.75) is 50.9 Å². The molecule has 0 bridgehead atoms. The van der Waals surface area contributed by atoms with Gasteiger partial charge in [-0.15, -0.1) is 10.2 Å². The first-order valence-corrected chi connectivity index (χ1v) is 11.1. The number of thioether (sulfide) groups is 1. The lowest BCUT2D eigenvalue weighted by Gasteiger charge is -2.35. The molecule has 0 N–H and O–H groups in total. The van der Waals surface area contributed by atoms with Crippen molar-refractivity contribution in [1.29, 1.82) is 0 Å². The molecule has 3 heterocycles. The summed E-state index contributed by atoms with van der Waals surface area (Å²) < 4.78 is 15.7. The Morgan fingerprint density at radius 3 is 2.93 bits per heavy atom. The molecule has 1 amide bonds. The van der Waals surface area contributed by atoms with Crippen LogP contribution in [-0.2, 0) is 17.8 Å². The first-order valence-electron chi connectivity index (χ1n) is 10.2. The monoisotopic (exact) mass is 425 g/mol. The largest absolute Gasteiger partial charge is 0.309 e. The molecular weight excluding hydrogens is 401 g/mol. The summed E-state index contributed by atoms with van der Waals surface area (Å²) in [7, 11) is 0. The van der Waals surface area contributed by atoms with Crippen LogP contribution in [0.4, 0.5) is 10.1 Å². The summed E-state index contributed by atoms with van der Waals surface area (Å²) in [5.74, 6) is 0.734. The molecule has 1 atom stereocenters. The first kappa shape index (κ1) is 20.5. The van der Waals surface area contributed by atoms with Gasteiger partial charge in [-0.25, -0.2) is 4.39 Å². The molecule has 4 rings (SSSR count). The Morgan fingerprint density at radius 2 is 2.17 bits per heavy atom. The molecule has 156 valence electrons. The molecule has 0 aliphatic carbocycles. The van der Waals surface area contributed by atoms with Gasteiger partial charge in [-0.2, -0.15) is 0 Å². The van der Waals surface area contributed by atoms with Crippen molar-refractivity contribution in [3.8, 4) is 11.4 Å². The standard InChI is InChI=1S/C22H24FN5OS/c1-3-11-27-21(17-5-4-10-24-13-17)25-26-22(27)30-14-20(29)28-15(2)6-7-16-12-18(23)8-9-19(16)28/h4-5,8-10,12-13,15H,3,6-7,11,14H2,1-2H3. The van der Waals surface area contributed by atoms with E-state index in [2.05, 4.69) is 22.1 Å². The Bertz CT molecular complexity index is 1040. The van der Waals surface area contributed by atoms with Gasteiger partial charge in [0.15, 0.2) is 11.0 Å². The van der Waals surface area contributed by atoms with Crippen LogP contribution in [0.1, 0.15) is 32.3 Å². The maximum atomic E-state index is 13.6. The molecule has 0 radical (unpaired) electrons. The van der Waals surface area contributed by atoms with E-state index >= 15 is 0 Å². The summed E-state index contributed by atoms with van der Waals surface area (Å²) in [5, 5.41) is 9.39. The number of aromatic nitrogens is 4. The summed E-state index contributed by atoms with van der Waals surface area (Å²) in [6.07, 6.45) is 6.02. The molecule has 8 heteroatoms. The number of anilines is 1. The van der Waals surface area contributed by atoms with Crippen LogP contribution in [-0.4, -0.2) is 37.5 Å². The molecule has 0 saturated heterocycles. The zero-order valence-corrected chi connectivity index (χ0v) is 17.9. The van der Waals surface area contributed by atoms with Crippen molar-refractivity contribution in [2.75, 3.05) is 10.7 Å². The van der Waals surface area contributed by atoms with E-state index in [9.17, 15) is 9.18 Å². The Kier molecular flexibility index (Phi) is 6.13. The molecule has 1 aromatic carbocycles. The fourth-order valence-electron chi connectivity index (χ4n) is 3.83. The number of rotatable bonds is 6. The molecule has 1 aliphatic heterocycles. The number of carbonyl (C=O) groups excluding carboxylic acids is 1. The predicted molar refractivity (Wildman–Crippen MR) is 116 cm³/mol. The van der Waals surface area contributed by atoms with Gasteiger partial charge in [0.25, 0.3) is 0 Å². The number of nitrogens with zero attached hydrogens (tertiary/aromatic N) is 5. The highest BCUT2D eigenvalue weighted by atomic mass is 32.2. The van der Waals surface area contributed by atoms with Crippen molar-refractivity contribution >= 4 is 23.4 Å². The number of aryl methyl sites for hydroxylation is 1. The van der Waals surface area contributed by atoms with Gasteiger partial charge < -0.3 is 9.47 Å². The summed E-state index contributed by atoms with van der Waals surface area (Å²) in [5.41, 5.74) is 2.60. The minimum absolute atomic E-state index is 0.00552. The van der Waals surface area contributed by atoms with Crippen LogP contribution >= 0.6 is 11.8 Å². The highest BCUT2D eigenvalue weighted by molar-refractivity contribution is 7.99. The van der Waals surface area contributed by atoms with Gasteiger partial charge in [0.05, 0.1) is 5.75 Å². The van der Waals surface area contributed by atoms with Crippen LogP contribution in [0.15, 0.2) is 47.9 Å². The smallest absolute Gasteiger partial charge is 0.237 e. The van der Waals surface area contributed by atoms with E-state index in [4.69, 9.17) is 0 Å². The fourth-order valence-corrected chi connectivity index (χ4v) is 4.65. The van der Waals surface area contributed by atoms with E-state index in [1.165, 1.54) is 23.9 Å². The van der Waals surface area contributed by atoms with Crippen LogP contribution in [0.2, 0.25) is 0 Å². The molecule has 0 saturated carbocycles. The Hall–Kier alpha value is -2.74. The second-order valence-electron chi connectivity index (χ2n) is 7.41. The zero-order chi connectivity index (χ0) is 21.1. The molecular formula is C22H24FN5OS. The summed E-state index contributed by atoms with van der Waals surface area (Å²) >= 11 is 1.39. The third-order valence-corrected chi connectivity index (χ3v) is 6.20. The third kappa shape index (κ3) is 4.09. The van der Waals surface area contributed by atoms with Crippen molar-refractivity contribution in [3.05, 3.63) is 54.1 Å². The highest BCUT2D eigenvalue weighted by Gasteiger charge is 2.29. The van der Waals surface area contributed by atoms with Crippen LogP contribution < -0.4 is 4.90 Å². The van der Waals surface area contributed by atoms with Crippen molar-refractivity contribution < 1.29 is 9.18 Å². The maximum Gasteiger partial charge on any atom is 0.237 e. The molecule has 1 unspecified atom stereocenters. The third-order valence-electron chi connectivity index (χ3n) is 5.25. The molecule has 6 nitrogen and oxygen atoms in total. The topological polar surface area (TPSA) is 63.9 Å². The number of carbonyl (C=O) groups is 1. The second kappa shape index (κ2) is 8.95. The number of benzene rings is 1. The van der Waals surface area contributed by atoms with Crippen molar-refractivity contribution in [3.63, 3.8) is 0 Å². The van der Waals surface area contributed by atoms with Gasteiger partial charge in [0, 0.05) is 36.2 Å². The number of halogens is 1. The number of amides is 1. The van der Waals surface area contributed by atoms with E-state index in [1.807, 2.05) is 23.6 Å². The number of hydrogen-bond acceptors (Lipinski definition) is 5. The highest BCUT2D eigenvalue weighted by Crippen LogP contribution is 2.32. The SMILES string of the molecule is CCCn1c(SCC(=O)N2c3ccc(F)cc3CCC2C)nnc1-c1cccnc1. The van der Waals surface area contributed by atoms with Crippen LogP contribution in [0.25, 0.3) is 11.4 Å². The normalized spacial score (nSPS) is 15.8. The van der Waals surface area contributed by atoms with Crippen LogP contribution in [0, 0.1) is 5.82 Å². The zero-order valence-electron chi connectivity index (χ0n) is 17.1. The van der Waals surface area contributed by atoms with Gasteiger partial charge in [-0.3, -0.25) is 9.78 Å². The molecule has 2 aromatic heterocycles. The molecule has 3 aromatic rings. The van der Waals surface area contributed by atoms with Crippen molar-refractivity contribution in [1.82, 2.24) is 19.7 Å². The van der Waals surface area contributed by atoms with Gasteiger partial charge >= 0.3 is 0 Å². The van der Waals surface area contributed by atoms with E-state index in [-0.39, 0.29) is 23.5 Å². The lowest BCUT2D eigenvalue weighted by Crippen LogP contribution is -2.43. The lowest BCUT2D eigenvalue weighted by atomic mass is 9.96. The van der Waals surface area contributed by atoms with E-state index in [0.29, 0.717) is 5.16 Å². The molecule has 0 spiro atoms. The Morgan fingerprint density at radius 1 is 1.30 bits per heavy atom. The lowest BCUT2D eigenvalue weighted by molar-refractivity contribution is -0.116. The van der Waals surface area contributed by atoms with Gasteiger partial charge in [-0.1, -0.05) is 18.7 Å². The Labute approximate surface area is 179 Å². The molecule has 0 fully saturated rings. The second-order valence-corrected chi connectivity index (χ2v) is 8.36. The van der Waals surface area contributed by atoms with E-state index in [0.717, 1.165) is 48.4 Å². The van der Waals surface area contributed by atoms with Crippen LogP contribution in [0.5, 0.6) is 0 Å². The summed E-state index contributed by atoms with van der Waals surface area (Å²) in [6, 6.07) is 8.57.